The predicted octanol–water partition coefficient (Wildman–Crippen LogP) is 3.81. The van der Waals surface area contributed by atoms with Gasteiger partial charge in [0.2, 0.25) is 0 Å². The van der Waals surface area contributed by atoms with Gasteiger partial charge in [-0.1, -0.05) is 19.9 Å². The Kier molecular flexibility index (Phi) is 8.03. The number of nitrogens with two attached hydrogens (primary N) is 1. The molecule has 1 rings (SSSR count). The van der Waals surface area contributed by atoms with Gasteiger partial charge >= 0.3 is 0 Å². The lowest BCUT2D eigenvalue weighted by Gasteiger charge is -2.20. The van der Waals surface area contributed by atoms with E-state index in [2.05, 4.69) is 29.8 Å². The summed E-state index contributed by atoms with van der Waals surface area (Å²) < 4.78 is 13.4. The molecule has 0 saturated heterocycles. The maximum Gasteiger partial charge on any atom is 0.137 e. The Bertz CT molecular complexity index is 376. The molecule has 0 aliphatic heterocycles. The normalized spacial score (nSPS) is 14.2. The number of aliphatic hydroxyl groups excluding tert-OH is 1. The Morgan fingerprint density at radius 2 is 1.94 bits per heavy atom. The molecule has 0 unspecified atom stereocenters. The van der Waals surface area contributed by atoms with Crippen molar-refractivity contribution in [3.05, 3.63) is 34.1 Å². The molecule has 2 atom stereocenters. The standard InChI is InChI=1S/C13H19BrFNO.ClH/c1-8(2)3-6-12(17)13(16)9-4-5-11(15)10(14)7-9;/h4-5,7-8,12-13,17H,3,6,16H2,1-2H3;1H/t12-,13+;/m1./s1. The number of hydrogen-bond donors (Lipinski definition) is 2. The van der Waals surface area contributed by atoms with Crippen LogP contribution in [0.5, 0.6) is 0 Å². The zero-order valence-electron chi connectivity index (χ0n) is 10.6. The van der Waals surface area contributed by atoms with Crippen molar-refractivity contribution < 1.29 is 9.50 Å². The van der Waals surface area contributed by atoms with Crippen LogP contribution < -0.4 is 5.73 Å². The zero-order chi connectivity index (χ0) is 13.0. The lowest BCUT2D eigenvalue weighted by molar-refractivity contribution is 0.128. The lowest BCUT2D eigenvalue weighted by Crippen LogP contribution is -2.26. The number of aliphatic hydroxyl groups is 1. The van der Waals surface area contributed by atoms with E-state index in [9.17, 15) is 9.50 Å². The minimum absolute atomic E-state index is 0. The fraction of sp³-hybridized carbons (Fsp3) is 0.538. The van der Waals surface area contributed by atoms with Gasteiger partial charge in [-0.3, -0.25) is 0 Å². The highest BCUT2D eigenvalue weighted by Gasteiger charge is 2.17. The fourth-order valence-corrected chi connectivity index (χ4v) is 2.02. The first kappa shape index (κ1) is 17.8. The molecule has 0 aromatic heterocycles. The van der Waals surface area contributed by atoms with Gasteiger partial charge in [0.25, 0.3) is 0 Å². The van der Waals surface area contributed by atoms with Gasteiger partial charge in [0.15, 0.2) is 0 Å². The largest absolute Gasteiger partial charge is 0.391 e. The van der Waals surface area contributed by atoms with Crippen molar-refractivity contribution in [1.29, 1.82) is 0 Å². The van der Waals surface area contributed by atoms with Crippen LogP contribution in [0, 0.1) is 11.7 Å². The van der Waals surface area contributed by atoms with Crippen molar-refractivity contribution >= 4 is 28.3 Å². The molecule has 0 saturated carbocycles. The van der Waals surface area contributed by atoms with E-state index in [1.165, 1.54) is 6.07 Å². The van der Waals surface area contributed by atoms with Gasteiger partial charge in [0, 0.05) is 0 Å². The Morgan fingerprint density at radius 1 is 1.33 bits per heavy atom. The molecule has 5 heteroatoms. The molecule has 1 aromatic rings. The summed E-state index contributed by atoms with van der Waals surface area (Å²) >= 11 is 3.11. The van der Waals surface area contributed by atoms with Crippen LogP contribution in [-0.4, -0.2) is 11.2 Å². The molecule has 0 aliphatic carbocycles. The summed E-state index contributed by atoms with van der Waals surface area (Å²) in [6.45, 7) is 4.21. The molecule has 0 heterocycles. The third-order valence-electron chi connectivity index (χ3n) is 2.78. The van der Waals surface area contributed by atoms with E-state index in [4.69, 9.17) is 5.73 Å². The molecule has 0 aliphatic rings. The Hall–Kier alpha value is -0.160. The molecular weight excluding hydrogens is 321 g/mol. The van der Waals surface area contributed by atoms with Crippen LogP contribution in [0.2, 0.25) is 0 Å². The maximum absolute atomic E-state index is 13.1. The van der Waals surface area contributed by atoms with E-state index in [0.29, 0.717) is 16.8 Å². The highest BCUT2D eigenvalue weighted by atomic mass is 79.9. The summed E-state index contributed by atoms with van der Waals surface area (Å²) in [4.78, 5) is 0. The number of halogens is 3. The second-order valence-corrected chi connectivity index (χ2v) is 5.59. The van der Waals surface area contributed by atoms with Gasteiger partial charge in [-0.2, -0.15) is 0 Å². The van der Waals surface area contributed by atoms with Crippen LogP contribution in [0.15, 0.2) is 22.7 Å². The van der Waals surface area contributed by atoms with Gasteiger partial charge in [0.1, 0.15) is 5.82 Å². The molecule has 2 nitrogen and oxygen atoms in total. The van der Waals surface area contributed by atoms with Crippen molar-refractivity contribution in [3.63, 3.8) is 0 Å². The molecule has 0 spiro atoms. The van der Waals surface area contributed by atoms with Crippen molar-refractivity contribution in [1.82, 2.24) is 0 Å². The summed E-state index contributed by atoms with van der Waals surface area (Å²) in [6, 6.07) is 4.13. The van der Waals surface area contributed by atoms with Gasteiger partial charge in [0.05, 0.1) is 16.6 Å². The average molecular weight is 341 g/mol. The van der Waals surface area contributed by atoms with Crippen molar-refractivity contribution in [3.8, 4) is 0 Å². The Balaban J connectivity index is 0.00000289. The molecule has 3 N–H and O–H groups in total. The van der Waals surface area contributed by atoms with Crippen LogP contribution in [-0.2, 0) is 0 Å². The topological polar surface area (TPSA) is 46.2 Å². The molecule has 18 heavy (non-hydrogen) atoms. The highest BCUT2D eigenvalue weighted by Crippen LogP contribution is 2.24. The summed E-state index contributed by atoms with van der Waals surface area (Å²) in [7, 11) is 0. The first-order valence-electron chi connectivity index (χ1n) is 5.80. The minimum atomic E-state index is -0.588. The van der Waals surface area contributed by atoms with Gasteiger partial charge < -0.3 is 10.8 Å². The Labute approximate surface area is 122 Å². The van der Waals surface area contributed by atoms with Crippen LogP contribution in [0.3, 0.4) is 0 Å². The third-order valence-corrected chi connectivity index (χ3v) is 3.39. The molecule has 0 amide bonds. The number of hydrogen-bond acceptors (Lipinski definition) is 2. The Morgan fingerprint density at radius 3 is 2.44 bits per heavy atom. The van der Waals surface area contributed by atoms with E-state index in [0.717, 1.165) is 12.0 Å². The van der Waals surface area contributed by atoms with Crippen LogP contribution in [0.1, 0.15) is 38.3 Å². The third kappa shape index (κ3) is 5.22. The second-order valence-electron chi connectivity index (χ2n) is 4.74. The first-order chi connectivity index (χ1) is 7.91. The van der Waals surface area contributed by atoms with Gasteiger partial charge in [-0.05, 0) is 52.4 Å². The van der Waals surface area contributed by atoms with E-state index < -0.39 is 12.1 Å². The monoisotopic (exact) mass is 339 g/mol. The highest BCUT2D eigenvalue weighted by molar-refractivity contribution is 9.10. The summed E-state index contributed by atoms with van der Waals surface area (Å²) in [5.41, 5.74) is 6.70. The predicted molar refractivity (Wildman–Crippen MR) is 78.4 cm³/mol. The molecule has 104 valence electrons. The molecular formula is C13H20BrClFNO. The van der Waals surface area contributed by atoms with Gasteiger partial charge in [-0.15, -0.1) is 12.4 Å². The molecule has 0 radical (unpaired) electrons. The van der Waals surface area contributed by atoms with Crippen LogP contribution in [0.25, 0.3) is 0 Å². The van der Waals surface area contributed by atoms with E-state index >= 15 is 0 Å². The molecule has 1 aromatic carbocycles. The summed E-state index contributed by atoms with van der Waals surface area (Å²) in [6.07, 6.45) is 1.00. The van der Waals surface area contributed by atoms with E-state index in [1.807, 2.05) is 0 Å². The molecule has 0 bridgehead atoms. The minimum Gasteiger partial charge on any atom is -0.391 e. The van der Waals surface area contributed by atoms with Crippen molar-refractivity contribution in [2.45, 2.75) is 38.8 Å². The fourth-order valence-electron chi connectivity index (χ4n) is 1.63. The van der Waals surface area contributed by atoms with E-state index in [-0.39, 0.29) is 18.2 Å². The first-order valence-corrected chi connectivity index (χ1v) is 6.59. The number of rotatable bonds is 5. The van der Waals surface area contributed by atoms with Crippen molar-refractivity contribution in [2.24, 2.45) is 11.7 Å². The summed E-state index contributed by atoms with van der Waals surface area (Å²) in [5.74, 6) is 0.217. The molecule has 0 fully saturated rings. The SMILES string of the molecule is CC(C)CC[C@@H](O)[C@@H](N)c1ccc(F)c(Br)c1.Cl. The average Bonchev–Trinajstić information content (AvgIpc) is 2.28. The number of benzene rings is 1. The quantitative estimate of drug-likeness (QED) is 0.856. The van der Waals surface area contributed by atoms with Gasteiger partial charge in [-0.25, -0.2) is 4.39 Å². The second kappa shape index (κ2) is 8.10. The summed E-state index contributed by atoms with van der Waals surface area (Å²) in [5, 5.41) is 9.95. The maximum atomic E-state index is 13.1. The van der Waals surface area contributed by atoms with Crippen LogP contribution in [0.4, 0.5) is 4.39 Å². The van der Waals surface area contributed by atoms with E-state index in [1.54, 1.807) is 12.1 Å². The lowest BCUT2D eigenvalue weighted by atomic mass is 9.96. The smallest absolute Gasteiger partial charge is 0.137 e. The van der Waals surface area contributed by atoms with Crippen molar-refractivity contribution in [2.75, 3.05) is 0 Å². The van der Waals surface area contributed by atoms with Crippen LogP contribution >= 0.6 is 28.3 Å². The zero-order valence-corrected chi connectivity index (χ0v) is 13.0.